The zero-order valence-electron chi connectivity index (χ0n) is 37.1. The highest BCUT2D eigenvalue weighted by Gasteiger charge is 2.50. The van der Waals surface area contributed by atoms with E-state index < -0.39 is 82.9 Å². The van der Waals surface area contributed by atoms with Gasteiger partial charge in [-0.05, 0) is 25.8 Å². The number of aliphatic hydroxyl groups is 2. The number of allylic oxidation sites excluding steroid dienone is 2. The fraction of sp³-hybridized carbons (Fsp3) is 0.587. The molecule has 0 aliphatic carbocycles. The number of hydrogen-bond acceptors (Lipinski definition) is 14. The summed E-state index contributed by atoms with van der Waals surface area (Å²) in [4.78, 5) is 53.6. The largest absolute Gasteiger partial charge is 0.507 e. The normalized spacial score (nSPS) is 32.7. The van der Waals surface area contributed by atoms with Crippen LogP contribution < -0.4 is 20.8 Å². The number of aromatic hydroxyl groups is 2. The third-order valence-corrected chi connectivity index (χ3v) is 12.9. The van der Waals surface area contributed by atoms with Gasteiger partial charge in [0.25, 0.3) is 11.7 Å². The van der Waals surface area contributed by atoms with Crippen molar-refractivity contribution < 1.29 is 53.8 Å². The number of methoxy groups -OCH3 is 1. The van der Waals surface area contributed by atoms with Crippen molar-refractivity contribution in [3.05, 3.63) is 58.0 Å². The van der Waals surface area contributed by atoms with Crippen LogP contribution in [0.3, 0.4) is 0 Å². The third kappa shape index (κ3) is 8.54. The maximum Gasteiger partial charge on any atom is 0.312 e. The molecule has 15 heteroatoms. The number of hydrogen-bond donors (Lipinski definition) is 5. The van der Waals surface area contributed by atoms with Crippen LogP contribution in [0.2, 0.25) is 0 Å². The summed E-state index contributed by atoms with van der Waals surface area (Å²) in [5.74, 6) is -6.44. The molecule has 0 radical (unpaired) electrons. The van der Waals surface area contributed by atoms with Crippen LogP contribution in [-0.2, 0) is 23.8 Å². The van der Waals surface area contributed by atoms with Crippen molar-refractivity contribution in [3.63, 3.8) is 0 Å². The number of piperidine rings is 1. The van der Waals surface area contributed by atoms with Crippen molar-refractivity contribution in [2.75, 3.05) is 32.1 Å². The van der Waals surface area contributed by atoms with Crippen LogP contribution in [0.25, 0.3) is 10.8 Å². The van der Waals surface area contributed by atoms with E-state index in [9.17, 15) is 34.8 Å². The summed E-state index contributed by atoms with van der Waals surface area (Å²) in [6, 6.07) is 0. The molecule has 9 atom stereocenters. The van der Waals surface area contributed by atoms with Gasteiger partial charge >= 0.3 is 11.8 Å². The number of carbonyl (C=O) groups is 3. The number of aliphatic hydroxyl groups excluding tert-OH is 2. The van der Waals surface area contributed by atoms with E-state index in [4.69, 9.17) is 28.9 Å². The molecule has 4 aliphatic rings. The lowest BCUT2D eigenvalue weighted by molar-refractivity contribution is -0.161. The number of nitrogens with one attached hydrogen (secondary N) is 1. The van der Waals surface area contributed by atoms with E-state index in [0.29, 0.717) is 31.8 Å². The van der Waals surface area contributed by atoms with Gasteiger partial charge in [0.1, 0.15) is 28.6 Å². The van der Waals surface area contributed by atoms with Gasteiger partial charge in [0.2, 0.25) is 0 Å². The first-order valence-electron chi connectivity index (χ1n) is 21.2. The van der Waals surface area contributed by atoms with E-state index in [1.807, 2.05) is 0 Å². The van der Waals surface area contributed by atoms with Crippen molar-refractivity contribution in [2.24, 2.45) is 39.6 Å². The summed E-state index contributed by atoms with van der Waals surface area (Å²) in [5.41, 5.74) is -0.571. The van der Waals surface area contributed by atoms with Gasteiger partial charge in [0, 0.05) is 93.6 Å². The number of nitrogens with zero attached hydrogens (tertiary/aromatic N) is 3. The molecule has 6 rings (SSSR count). The monoisotopic (exact) mass is 846 g/mol. The maximum atomic E-state index is 14.7. The first-order valence-corrected chi connectivity index (χ1v) is 21.2. The molecule has 1 saturated heterocycles. The van der Waals surface area contributed by atoms with Gasteiger partial charge in [-0.2, -0.15) is 0 Å². The van der Waals surface area contributed by atoms with Gasteiger partial charge in [-0.15, -0.1) is 0 Å². The number of Topliss-reactive ketones (excluding diaryl/α,β-unsaturated/α-hetero) is 1. The molecule has 4 heterocycles. The van der Waals surface area contributed by atoms with Crippen LogP contribution in [0.1, 0.15) is 91.1 Å². The molecule has 61 heavy (non-hydrogen) atoms. The van der Waals surface area contributed by atoms with Crippen molar-refractivity contribution in [1.29, 1.82) is 0 Å². The summed E-state index contributed by atoms with van der Waals surface area (Å²) in [7, 11) is 1.46. The quantitative estimate of drug-likeness (QED) is 0.209. The Morgan fingerprint density at radius 3 is 2.23 bits per heavy atom. The minimum Gasteiger partial charge on any atom is -0.507 e. The average molecular weight is 847 g/mol. The highest BCUT2D eigenvalue weighted by molar-refractivity contribution is 6.19. The summed E-state index contributed by atoms with van der Waals surface area (Å²) in [6.45, 7) is 19.5. The number of anilines is 1. The predicted molar refractivity (Wildman–Crippen MR) is 228 cm³/mol. The van der Waals surface area contributed by atoms with Crippen LogP contribution >= 0.6 is 0 Å². The lowest BCUT2D eigenvalue weighted by Crippen LogP contribution is -2.46. The molecular weight excluding hydrogens is 785 g/mol. The fourth-order valence-electron chi connectivity index (χ4n) is 9.20. The second-order valence-electron chi connectivity index (χ2n) is 18.0. The molecule has 0 saturated carbocycles. The zero-order valence-corrected chi connectivity index (χ0v) is 37.1. The number of rotatable bonds is 4. The molecule has 4 bridgehead atoms. The highest BCUT2D eigenvalue weighted by Crippen LogP contribution is 2.50. The average Bonchev–Trinajstić information content (AvgIpc) is 3.71. The molecule has 4 aliphatic heterocycles. The summed E-state index contributed by atoms with van der Waals surface area (Å²) < 4.78 is 23.8. The lowest BCUT2D eigenvalue weighted by atomic mass is 9.78. The molecule has 1 spiro atoms. The number of ether oxygens (including phenoxy) is 4. The lowest BCUT2D eigenvalue weighted by Gasteiger charge is -2.38. The number of likely N-dealkylation sites (tertiary alicyclic amines) is 1. The van der Waals surface area contributed by atoms with Crippen molar-refractivity contribution in [2.45, 2.75) is 118 Å². The van der Waals surface area contributed by atoms with Gasteiger partial charge in [0.05, 0.1) is 40.9 Å². The van der Waals surface area contributed by atoms with E-state index in [1.54, 1.807) is 59.8 Å². The van der Waals surface area contributed by atoms with Crippen LogP contribution in [0.4, 0.5) is 5.69 Å². The molecule has 0 unspecified atom stereocenters. The van der Waals surface area contributed by atoms with Gasteiger partial charge < -0.3 is 49.6 Å². The second-order valence-corrected chi connectivity index (χ2v) is 18.0. The molecule has 5 N–H and O–H groups in total. The standard InChI is InChI=1S/C46H62N4O11/c1-22(2)21-50-18-16-46(17-19-50)48-34-31-32-39(54)28(8)42-33(31)43(56)45(10,61-42)59-20-15-30(58-11)25(5)38(53)27(7)41(60-29(9)51)26(6)37(52)23(3)13-12-14-24(4)44(57)47-36(40(32)55)35(34)49-46/h12-15,20,22-23,25-27,30,37-38,41,52-55H,16-19,21H2,1-11H3,(H,47,57)/b13-12+,20-15+,24-14-/t23-,25+,26+,27-,30-,37-,38+,41+,45-/m0/s1. The summed E-state index contributed by atoms with van der Waals surface area (Å²) >= 11 is 0. The molecule has 2 aromatic carbocycles. The van der Waals surface area contributed by atoms with Gasteiger partial charge in [-0.3, -0.25) is 24.4 Å². The Labute approximate surface area is 356 Å². The number of benzene rings is 2. The number of carbonyl (C=O) groups excluding carboxylic acids is 3. The van der Waals surface area contributed by atoms with E-state index in [0.717, 1.165) is 6.54 Å². The molecule has 1 amide bonds. The van der Waals surface area contributed by atoms with Crippen LogP contribution in [0.15, 0.2) is 46.1 Å². The molecule has 15 nitrogen and oxygen atoms in total. The number of phenols is 2. The maximum absolute atomic E-state index is 14.7. The minimum absolute atomic E-state index is 0.0392. The van der Waals surface area contributed by atoms with Crippen LogP contribution in [-0.4, -0.2) is 106 Å². The number of amides is 1. The Bertz CT molecular complexity index is 2300. The smallest absolute Gasteiger partial charge is 0.312 e. The minimum atomic E-state index is -1.95. The second kappa shape index (κ2) is 17.5. The first kappa shape index (κ1) is 45.7. The Morgan fingerprint density at radius 2 is 1.61 bits per heavy atom. The summed E-state index contributed by atoms with van der Waals surface area (Å²) in [6.07, 6.45) is 5.03. The van der Waals surface area contributed by atoms with Crippen LogP contribution in [0.5, 0.6) is 17.2 Å². The van der Waals surface area contributed by atoms with Gasteiger partial charge in [-0.1, -0.05) is 59.8 Å². The Balaban J connectivity index is 1.53. The summed E-state index contributed by atoms with van der Waals surface area (Å²) in [5, 5.41) is 50.4. The first-order chi connectivity index (χ1) is 28.6. The van der Waals surface area contributed by atoms with E-state index in [2.05, 4.69) is 24.1 Å². The number of esters is 1. The third-order valence-electron chi connectivity index (χ3n) is 12.9. The predicted octanol–water partition coefficient (Wildman–Crippen LogP) is 4.75. The number of fused-ring (bicyclic) bond motifs is 1. The Morgan fingerprint density at radius 1 is 0.967 bits per heavy atom. The van der Waals surface area contributed by atoms with Crippen molar-refractivity contribution in [1.82, 2.24) is 4.90 Å². The van der Waals surface area contributed by atoms with Gasteiger partial charge in [0.15, 0.2) is 11.4 Å². The Hall–Kier alpha value is -4.83. The van der Waals surface area contributed by atoms with E-state index in [-0.39, 0.29) is 55.4 Å². The molecule has 0 aromatic heterocycles. The number of phenolic OH excluding ortho intramolecular Hbond substituents is 2. The zero-order chi connectivity index (χ0) is 44.9. The molecular formula is C46H62N4O11. The SMILES string of the molecule is CO[C@H]1/C=C/O[C@@]2(C)Oc3c(C)c(O)c4c(O)c(c5c(c4c3C2=O)=NC2(CCN(CC(C)C)CC2)N=5)NC(=O)/C(C)=C\C=C\[C@H](C)[C@H](O)[C@@H](C)[C@@H](OC(C)=O)[C@@H](C)[C@H](O)[C@@H]1C. The molecule has 1 fully saturated rings. The topological polar surface area (TPSA) is 209 Å². The number of ketones is 1. The van der Waals surface area contributed by atoms with E-state index >= 15 is 0 Å². The van der Waals surface area contributed by atoms with Gasteiger partial charge in [-0.25, -0.2) is 0 Å². The molecule has 332 valence electrons. The van der Waals surface area contributed by atoms with Crippen LogP contribution in [0, 0.1) is 36.5 Å². The van der Waals surface area contributed by atoms with Crippen molar-refractivity contribution >= 4 is 34.1 Å². The fourth-order valence-corrected chi connectivity index (χ4v) is 9.20. The van der Waals surface area contributed by atoms with Crippen molar-refractivity contribution in [3.8, 4) is 17.2 Å². The van der Waals surface area contributed by atoms with E-state index in [1.165, 1.54) is 33.3 Å². The molecule has 2 aromatic rings. The highest BCUT2D eigenvalue weighted by atomic mass is 16.7. The Kier molecular flexibility index (Phi) is 13.1.